The summed E-state index contributed by atoms with van der Waals surface area (Å²) in [5, 5.41) is 0. The monoisotopic (exact) mass is 246 g/mol. The first-order chi connectivity index (χ1) is 8.58. The van der Waals surface area contributed by atoms with E-state index >= 15 is 0 Å². The van der Waals surface area contributed by atoms with Gasteiger partial charge in [-0.3, -0.25) is 9.69 Å². The SMILES string of the molecule is Cc1ccccc1C(=O)CN1CCN(C)C(C)C1. The van der Waals surface area contributed by atoms with Crippen LogP contribution in [0.25, 0.3) is 0 Å². The van der Waals surface area contributed by atoms with Crippen LogP contribution >= 0.6 is 0 Å². The Hall–Kier alpha value is -1.19. The first-order valence-electron chi connectivity index (χ1n) is 6.59. The summed E-state index contributed by atoms with van der Waals surface area (Å²) in [7, 11) is 2.14. The van der Waals surface area contributed by atoms with Gasteiger partial charge in [-0.2, -0.15) is 0 Å². The molecule has 1 atom stereocenters. The smallest absolute Gasteiger partial charge is 0.177 e. The van der Waals surface area contributed by atoms with Crippen LogP contribution in [0.15, 0.2) is 24.3 Å². The van der Waals surface area contributed by atoms with Crippen LogP contribution in [-0.2, 0) is 0 Å². The topological polar surface area (TPSA) is 23.6 Å². The number of likely N-dealkylation sites (N-methyl/N-ethyl adjacent to an activating group) is 1. The Bertz CT molecular complexity index is 430. The van der Waals surface area contributed by atoms with Gasteiger partial charge in [0.05, 0.1) is 6.54 Å². The molecule has 98 valence electrons. The number of nitrogens with zero attached hydrogens (tertiary/aromatic N) is 2. The number of hydrogen-bond donors (Lipinski definition) is 0. The van der Waals surface area contributed by atoms with Crippen molar-refractivity contribution in [1.82, 2.24) is 9.80 Å². The molecular formula is C15H22N2O. The van der Waals surface area contributed by atoms with E-state index in [4.69, 9.17) is 0 Å². The summed E-state index contributed by atoms with van der Waals surface area (Å²) < 4.78 is 0. The highest BCUT2D eigenvalue weighted by Crippen LogP contribution is 2.11. The van der Waals surface area contributed by atoms with Gasteiger partial charge >= 0.3 is 0 Å². The predicted octanol–water partition coefficient (Wildman–Crippen LogP) is 1.81. The molecule has 3 heteroatoms. The summed E-state index contributed by atoms with van der Waals surface area (Å²) in [5.74, 6) is 0.241. The minimum absolute atomic E-state index is 0.241. The third-order valence-electron chi connectivity index (χ3n) is 3.86. The highest BCUT2D eigenvalue weighted by atomic mass is 16.1. The molecule has 1 aliphatic heterocycles. The van der Waals surface area contributed by atoms with Crippen LogP contribution in [0.5, 0.6) is 0 Å². The molecule has 0 saturated carbocycles. The second-order valence-electron chi connectivity index (χ2n) is 5.30. The van der Waals surface area contributed by atoms with Crippen molar-refractivity contribution in [1.29, 1.82) is 0 Å². The van der Waals surface area contributed by atoms with E-state index in [2.05, 4.69) is 23.8 Å². The highest BCUT2D eigenvalue weighted by molar-refractivity contribution is 5.98. The maximum absolute atomic E-state index is 12.3. The number of Topliss-reactive ketones (excluding diaryl/α,β-unsaturated/α-hetero) is 1. The molecule has 1 heterocycles. The maximum Gasteiger partial charge on any atom is 0.177 e. The van der Waals surface area contributed by atoms with Gasteiger partial charge in [0.1, 0.15) is 0 Å². The summed E-state index contributed by atoms with van der Waals surface area (Å²) in [6.07, 6.45) is 0. The number of carbonyl (C=O) groups is 1. The Balaban J connectivity index is 1.98. The minimum atomic E-state index is 0.241. The van der Waals surface area contributed by atoms with E-state index in [1.807, 2.05) is 31.2 Å². The predicted molar refractivity (Wildman–Crippen MR) is 74.0 cm³/mol. The lowest BCUT2D eigenvalue weighted by molar-refractivity contribution is 0.0785. The summed E-state index contributed by atoms with van der Waals surface area (Å²) in [5.41, 5.74) is 1.94. The molecule has 1 aromatic rings. The number of carbonyl (C=O) groups excluding carboxylic acids is 1. The van der Waals surface area contributed by atoms with E-state index in [1.54, 1.807) is 0 Å². The van der Waals surface area contributed by atoms with Crippen LogP contribution in [0.2, 0.25) is 0 Å². The molecule has 0 aromatic heterocycles. The lowest BCUT2D eigenvalue weighted by Crippen LogP contribution is -2.51. The zero-order chi connectivity index (χ0) is 13.1. The fourth-order valence-electron chi connectivity index (χ4n) is 2.44. The quantitative estimate of drug-likeness (QED) is 0.760. The zero-order valence-electron chi connectivity index (χ0n) is 11.5. The van der Waals surface area contributed by atoms with Gasteiger partial charge in [-0.1, -0.05) is 24.3 Å². The normalized spacial score (nSPS) is 22.1. The Morgan fingerprint density at radius 2 is 2.06 bits per heavy atom. The number of ketones is 1. The van der Waals surface area contributed by atoms with Crippen molar-refractivity contribution in [2.24, 2.45) is 0 Å². The second kappa shape index (κ2) is 5.63. The Morgan fingerprint density at radius 1 is 1.33 bits per heavy atom. The highest BCUT2D eigenvalue weighted by Gasteiger charge is 2.22. The molecule has 2 rings (SSSR count). The van der Waals surface area contributed by atoms with Crippen molar-refractivity contribution in [2.75, 3.05) is 33.2 Å². The van der Waals surface area contributed by atoms with Gasteiger partial charge in [0.15, 0.2) is 5.78 Å². The van der Waals surface area contributed by atoms with Gasteiger partial charge in [0.2, 0.25) is 0 Å². The van der Waals surface area contributed by atoms with Crippen molar-refractivity contribution in [3.8, 4) is 0 Å². The third-order valence-corrected chi connectivity index (χ3v) is 3.86. The first-order valence-corrected chi connectivity index (χ1v) is 6.59. The molecule has 1 saturated heterocycles. The molecule has 1 unspecified atom stereocenters. The molecule has 0 bridgehead atoms. The number of rotatable bonds is 3. The number of benzene rings is 1. The van der Waals surface area contributed by atoms with Crippen LogP contribution < -0.4 is 0 Å². The lowest BCUT2D eigenvalue weighted by atomic mass is 10.0. The number of hydrogen-bond acceptors (Lipinski definition) is 3. The molecule has 0 amide bonds. The number of aryl methyl sites for hydroxylation is 1. The van der Waals surface area contributed by atoms with Crippen LogP contribution in [0.1, 0.15) is 22.8 Å². The standard InChI is InChI=1S/C15H22N2O/c1-12-6-4-5-7-14(12)15(18)11-17-9-8-16(3)13(2)10-17/h4-7,13H,8-11H2,1-3H3. The van der Waals surface area contributed by atoms with E-state index in [-0.39, 0.29) is 5.78 Å². The van der Waals surface area contributed by atoms with Gasteiger partial charge in [-0.15, -0.1) is 0 Å². The van der Waals surface area contributed by atoms with Gasteiger partial charge in [0.25, 0.3) is 0 Å². The van der Waals surface area contributed by atoms with E-state index in [0.717, 1.165) is 30.8 Å². The average Bonchev–Trinajstić information content (AvgIpc) is 2.34. The van der Waals surface area contributed by atoms with Crippen molar-refractivity contribution < 1.29 is 4.79 Å². The van der Waals surface area contributed by atoms with Gasteiger partial charge in [-0.05, 0) is 26.5 Å². The molecule has 0 radical (unpaired) electrons. The molecule has 1 aliphatic rings. The van der Waals surface area contributed by atoms with Crippen LogP contribution in [-0.4, -0.2) is 54.9 Å². The molecule has 3 nitrogen and oxygen atoms in total. The molecule has 18 heavy (non-hydrogen) atoms. The molecular weight excluding hydrogens is 224 g/mol. The summed E-state index contributed by atoms with van der Waals surface area (Å²) in [6.45, 7) is 7.77. The lowest BCUT2D eigenvalue weighted by Gasteiger charge is -2.37. The van der Waals surface area contributed by atoms with Gasteiger partial charge < -0.3 is 4.90 Å². The van der Waals surface area contributed by atoms with Gasteiger partial charge in [0, 0.05) is 31.2 Å². The van der Waals surface area contributed by atoms with Crippen molar-refractivity contribution in [3.05, 3.63) is 35.4 Å². The van der Waals surface area contributed by atoms with Crippen molar-refractivity contribution >= 4 is 5.78 Å². The summed E-state index contributed by atoms with van der Waals surface area (Å²) in [4.78, 5) is 16.9. The molecule has 0 spiro atoms. The third kappa shape index (κ3) is 2.98. The molecule has 0 N–H and O–H groups in total. The maximum atomic E-state index is 12.3. The summed E-state index contributed by atoms with van der Waals surface area (Å²) in [6, 6.07) is 8.37. The Kier molecular flexibility index (Phi) is 4.15. The second-order valence-corrected chi connectivity index (χ2v) is 5.30. The van der Waals surface area contributed by atoms with Crippen LogP contribution in [0, 0.1) is 6.92 Å². The zero-order valence-corrected chi connectivity index (χ0v) is 11.5. The fraction of sp³-hybridized carbons (Fsp3) is 0.533. The van der Waals surface area contributed by atoms with Gasteiger partial charge in [-0.25, -0.2) is 0 Å². The Morgan fingerprint density at radius 3 is 2.72 bits per heavy atom. The van der Waals surface area contributed by atoms with E-state index < -0.39 is 0 Å². The number of piperazine rings is 1. The molecule has 1 aromatic carbocycles. The van der Waals surface area contributed by atoms with E-state index in [1.165, 1.54) is 0 Å². The average molecular weight is 246 g/mol. The van der Waals surface area contributed by atoms with Crippen LogP contribution in [0.4, 0.5) is 0 Å². The van der Waals surface area contributed by atoms with Crippen LogP contribution in [0.3, 0.4) is 0 Å². The first kappa shape index (κ1) is 13.2. The summed E-state index contributed by atoms with van der Waals surface area (Å²) >= 11 is 0. The van der Waals surface area contributed by atoms with Crippen molar-refractivity contribution in [3.63, 3.8) is 0 Å². The molecule has 1 fully saturated rings. The van der Waals surface area contributed by atoms with E-state index in [9.17, 15) is 4.79 Å². The largest absolute Gasteiger partial charge is 0.301 e. The van der Waals surface area contributed by atoms with E-state index in [0.29, 0.717) is 12.6 Å². The molecule has 0 aliphatic carbocycles. The fourth-order valence-corrected chi connectivity index (χ4v) is 2.44. The van der Waals surface area contributed by atoms with Crippen molar-refractivity contribution in [2.45, 2.75) is 19.9 Å². The minimum Gasteiger partial charge on any atom is -0.301 e. The Labute approximate surface area is 109 Å².